The predicted molar refractivity (Wildman–Crippen MR) is 113 cm³/mol. The first-order chi connectivity index (χ1) is 13.9. The molecular formula is C20H21ClN2O4S2. The van der Waals surface area contributed by atoms with Crippen molar-refractivity contribution in [3.05, 3.63) is 31.4 Å². The van der Waals surface area contributed by atoms with Crippen LogP contribution in [0.4, 0.5) is 5.13 Å². The molecule has 154 valence electrons. The second-order valence-corrected chi connectivity index (χ2v) is 10.4. The molecule has 1 saturated carbocycles. The van der Waals surface area contributed by atoms with E-state index in [0.717, 1.165) is 47.4 Å². The van der Waals surface area contributed by atoms with Crippen molar-refractivity contribution in [2.75, 3.05) is 5.32 Å². The van der Waals surface area contributed by atoms with Crippen LogP contribution in [0.2, 0.25) is 4.34 Å². The standard InChI is InChI=1S/C20H21ClN2O4S2/c21-16-9-22-20(29-16)23-18(25)17-12-6-3-7-14(12)28-15(17)8-13(24)10-4-1-2-5-11(10)19(26)27/h9-11H,1-8H2,(H,26,27)(H,22,23,25). The molecule has 0 bridgehead atoms. The number of fused-ring (bicyclic) bond motifs is 1. The molecule has 2 aromatic heterocycles. The maximum Gasteiger partial charge on any atom is 0.307 e. The Morgan fingerprint density at radius 3 is 2.59 bits per heavy atom. The topological polar surface area (TPSA) is 96.4 Å². The number of aromatic nitrogens is 1. The van der Waals surface area contributed by atoms with Gasteiger partial charge in [0.25, 0.3) is 5.91 Å². The molecule has 2 aliphatic carbocycles. The normalized spacial score (nSPS) is 21.0. The summed E-state index contributed by atoms with van der Waals surface area (Å²) in [6, 6.07) is 0. The largest absolute Gasteiger partial charge is 0.481 e. The number of rotatable bonds is 6. The number of carboxylic acids is 1. The number of carbonyl (C=O) groups is 3. The van der Waals surface area contributed by atoms with E-state index >= 15 is 0 Å². The lowest BCUT2D eigenvalue weighted by Gasteiger charge is -2.27. The van der Waals surface area contributed by atoms with E-state index < -0.39 is 17.8 Å². The Balaban J connectivity index is 1.58. The van der Waals surface area contributed by atoms with Crippen LogP contribution in [0.1, 0.15) is 57.8 Å². The van der Waals surface area contributed by atoms with Crippen LogP contribution >= 0.6 is 34.3 Å². The van der Waals surface area contributed by atoms with E-state index in [2.05, 4.69) is 10.3 Å². The van der Waals surface area contributed by atoms with E-state index in [1.165, 1.54) is 28.9 Å². The number of aliphatic carboxylic acids is 1. The average molecular weight is 453 g/mol. The molecule has 29 heavy (non-hydrogen) atoms. The maximum atomic E-state index is 13.0. The van der Waals surface area contributed by atoms with Gasteiger partial charge in [-0.1, -0.05) is 35.8 Å². The summed E-state index contributed by atoms with van der Waals surface area (Å²) in [6.07, 6.45) is 7.22. The third-order valence-corrected chi connectivity index (χ3v) is 8.07. The fourth-order valence-corrected chi connectivity index (χ4v) is 6.63. The molecule has 2 N–H and O–H groups in total. The number of nitrogens with zero attached hydrogens (tertiary/aromatic N) is 1. The van der Waals surface area contributed by atoms with Crippen LogP contribution in [0.5, 0.6) is 0 Å². The monoisotopic (exact) mass is 452 g/mol. The summed E-state index contributed by atoms with van der Waals surface area (Å²) in [5.41, 5.74) is 1.60. The Hall–Kier alpha value is -1.77. The zero-order valence-corrected chi connectivity index (χ0v) is 18.1. The highest BCUT2D eigenvalue weighted by Crippen LogP contribution is 2.38. The van der Waals surface area contributed by atoms with E-state index in [-0.39, 0.29) is 18.1 Å². The Morgan fingerprint density at radius 1 is 1.14 bits per heavy atom. The second kappa shape index (κ2) is 8.53. The van der Waals surface area contributed by atoms with Crippen LogP contribution < -0.4 is 5.32 Å². The van der Waals surface area contributed by atoms with E-state index in [0.29, 0.717) is 27.9 Å². The number of carbonyl (C=O) groups excluding carboxylic acids is 2. The Morgan fingerprint density at radius 2 is 1.90 bits per heavy atom. The predicted octanol–water partition coefficient (Wildman–Crippen LogP) is 4.60. The van der Waals surface area contributed by atoms with E-state index in [9.17, 15) is 19.5 Å². The van der Waals surface area contributed by atoms with Gasteiger partial charge >= 0.3 is 5.97 Å². The highest BCUT2D eigenvalue weighted by Gasteiger charge is 2.37. The summed E-state index contributed by atoms with van der Waals surface area (Å²) in [7, 11) is 0. The van der Waals surface area contributed by atoms with Gasteiger partial charge in [-0.15, -0.1) is 11.3 Å². The fourth-order valence-electron chi connectivity index (χ4n) is 4.42. The minimum Gasteiger partial charge on any atom is -0.481 e. The summed E-state index contributed by atoms with van der Waals surface area (Å²) in [4.78, 5) is 43.6. The number of Topliss-reactive ketones (excluding diaryl/α,β-unsaturated/α-hetero) is 1. The van der Waals surface area contributed by atoms with Crippen molar-refractivity contribution in [1.29, 1.82) is 0 Å². The second-order valence-electron chi connectivity index (χ2n) is 7.56. The van der Waals surface area contributed by atoms with E-state index in [1.807, 2.05) is 0 Å². The van der Waals surface area contributed by atoms with Gasteiger partial charge in [-0.25, -0.2) is 4.98 Å². The Kier molecular flexibility index (Phi) is 6.03. The number of thiazole rings is 1. The summed E-state index contributed by atoms with van der Waals surface area (Å²) >= 11 is 8.61. The lowest BCUT2D eigenvalue weighted by atomic mass is 9.76. The third kappa shape index (κ3) is 4.25. The number of amides is 1. The number of halogens is 1. The van der Waals surface area contributed by atoms with Crippen LogP contribution in [0.15, 0.2) is 6.20 Å². The van der Waals surface area contributed by atoms with Crippen LogP contribution in [-0.2, 0) is 28.9 Å². The first-order valence-electron chi connectivity index (χ1n) is 9.75. The highest BCUT2D eigenvalue weighted by molar-refractivity contribution is 7.19. The summed E-state index contributed by atoms with van der Waals surface area (Å²) in [5, 5.41) is 12.7. The summed E-state index contributed by atoms with van der Waals surface area (Å²) < 4.78 is 0.489. The molecule has 0 spiro atoms. The quantitative estimate of drug-likeness (QED) is 0.667. The van der Waals surface area contributed by atoms with Gasteiger partial charge < -0.3 is 5.11 Å². The lowest BCUT2D eigenvalue weighted by Crippen LogP contribution is -2.33. The molecule has 0 aliphatic heterocycles. The van der Waals surface area contributed by atoms with Gasteiger partial charge in [-0.2, -0.15) is 0 Å². The molecule has 2 aliphatic rings. The molecule has 2 unspecified atom stereocenters. The number of ketones is 1. The van der Waals surface area contributed by atoms with E-state index in [1.54, 1.807) is 0 Å². The number of hydrogen-bond donors (Lipinski definition) is 2. The summed E-state index contributed by atoms with van der Waals surface area (Å²) in [5.74, 6) is -2.31. The van der Waals surface area contributed by atoms with Crippen LogP contribution in [0, 0.1) is 11.8 Å². The van der Waals surface area contributed by atoms with Crippen molar-refractivity contribution in [2.45, 2.75) is 51.4 Å². The van der Waals surface area contributed by atoms with Gasteiger partial charge in [-0.3, -0.25) is 19.7 Å². The number of thiophene rings is 1. The van der Waals surface area contributed by atoms with Gasteiger partial charge in [0, 0.05) is 22.1 Å². The number of carboxylic acid groups (broad SMARTS) is 1. The van der Waals surface area contributed by atoms with Crippen molar-refractivity contribution in [1.82, 2.24) is 4.98 Å². The van der Waals surface area contributed by atoms with Gasteiger partial charge in [-0.05, 0) is 37.7 Å². The number of hydrogen-bond acceptors (Lipinski definition) is 6. The summed E-state index contributed by atoms with van der Waals surface area (Å²) in [6.45, 7) is 0. The third-order valence-electron chi connectivity index (χ3n) is 5.75. The zero-order chi connectivity index (χ0) is 20.5. The maximum absolute atomic E-state index is 13.0. The molecule has 4 rings (SSSR count). The van der Waals surface area contributed by atoms with Crippen LogP contribution in [0.3, 0.4) is 0 Å². The smallest absolute Gasteiger partial charge is 0.307 e. The van der Waals surface area contributed by atoms with Crippen LogP contribution in [-0.4, -0.2) is 27.8 Å². The molecular weight excluding hydrogens is 432 g/mol. The lowest BCUT2D eigenvalue weighted by molar-refractivity contribution is -0.148. The Labute approximate surface area is 181 Å². The van der Waals surface area contributed by atoms with Gasteiger partial charge in [0.2, 0.25) is 0 Å². The van der Waals surface area contributed by atoms with Gasteiger partial charge in [0.05, 0.1) is 17.7 Å². The Bertz CT molecular complexity index is 968. The molecule has 6 nitrogen and oxygen atoms in total. The minimum absolute atomic E-state index is 0.0663. The molecule has 1 amide bonds. The van der Waals surface area contributed by atoms with Crippen molar-refractivity contribution in [3.8, 4) is 0 Å². The molecule has 2 heterocycles. The fraction of sp³-hybridized carbons (Fsp3) is 0.500. The van der Waals surface area contributed by atoms with Crippen molar-refractivity contribution in [2.24, 2.45) is 11.8 Å². The molecule has 0 saturated heterocycles. The minimum atomic E-state index is -0.893. The van der Waals surface area contributed by atoms with E-state index in [4.69, 9.17) is 11.6 Å². The zero-order valence-electron chi connectivity index (χ0n) is 15.7. The molecule has 2 atom stereocenters. The van der Waals surface area contributed by atoms with Gasteiger partial charge in [0.1, 0.15) is 10.1 Å². The SMILES string of the molecule is O=C(Nc1ncc(Cl)s1)c1c(CC(=O)C2CCCCC2C(=O)O)sc2c1CCC2. The number of anilines is 1. The molecule has 2 aromatic rings. The van der Waals surface area contributed by atoms with Gasteiger partial charge in [0.15, 0.2) is 5.13 Å². The molecule has 0 aromatic carbocycles. The average Bonchev–Trinajstić information content (AvgIpc) is 3.37. The van der Waals surface area contributed by atoms with Crippen molar-refractivity contribution in [3.63, 3.8) is 0 Å². The molecule has 0 radical (unpaired) electrons. The number of aryl methyl sites for hydroxylation is 1. The highest BCUT2D eigenvalue weighted by atomic mass is 35.5. The van der Waals surface area contributed by atoms with Crippen LogP contribution in [0.25, 0.3) is 0 Å². The number of nitrogens with one attached hydrogen (secondary N) is 1. The molecule has 1 fully saturated rings. The van der Waals surface area contributed by atoms with Crippen molar-refractivity contribution >= 4 is 57.1 Å². The molecule has 9 heteroatoms. The van der Waals surface area contributed by atoms with Crippen molar-refractivity contribution < 1.29 is 19.5 Å². The first kappa shape index (κ1) is 20.5. The first-order valence-corrected chi connectivity index (χ1v) is 11.8.